The summed E-state index contributed by atoms with van der Waals surface area (Å²) in [5.41, 5.74) is 0.652. The highest BCUT2D eigenvalue weighted by Gasteiger charge is 2.38. The molecular formula is C17H18O6. The third-order valence-electron chi connectivity index (χ3n) is 3.28. The Morgan fingerprint density at radius 3 is 2.35 bits per heavy atom. The van der Waals surface area contributed by atoms with E-state index in [4.69, 9.17) is 14.2 Å². The van der Waals surface area contributed by atoms with Crippen LogP contribution in [0.5, 0.6) is 0 Å². The predicted molar refractivity (Wildman–Crippen MR) is 80.1 cm³/mol. The minimum absolute atomic E-state index is 0.369. The first-order chi connectivity index (χ1) is 11.0. The van der Waals surface area contributed by atoms with Crippen molar-refractivity contribution in [3.8, 4) is 0 Å². The molecular weight excluding hydrogens is 300 g/mol. The van der Waals surface area contributed by atoms with Gasteiger partial charge in [-0.3, -0.25) is 9.59 Å². The molecule has 0 radical (unpaired) electrons. The van der Waals surface area contributed by atoms with Crippen molar-refractivity contribution in [1.29, 1.82) is 0 Å². The van der Waals surface area contributed by atoms with E-state index in [1.807, 2.05) is 6.07 Å². The molecule has 1 aliphatic rings. The quantitative estimate of drug-likeness (QED) is 0.611. The predicted octanol–water partition coefficient (Wildman–Crippen LogP) is 2.09. The van der Waals surface area contributed by atoms with Crippen LogP contribution in [0.2, 0.25) is 0 Å². The maximum atomic E-state index is 11.5. The SMILES string of the molecule is CC(=O)OC(c1ccccc1)C(OC(C)=O)C1CC=CC(=O)O1. The van der Waals surface area contributed by atoms with Gasteiger partial charge in [0.15, 0.2) is 12.2 Å². The van der Waals surface area contributed by atoms with Gasteiger partial charge in [0.25, 0.3) is 0 Å². The normalized spacial score (nSPS) is 19.4. The van der Waals surface area contributed by atoms with E-state index in [-0.39, 0.29) is 0 Å². The first-order valence-corrected chi connectivity index (χ1v) is 7.24. The second-order valence-corrected chi connectivity index (χ2v) is 5.13. The van der Waals surface area contributed by atoms with Gasteiger partial charge >= 0.3 is 17.9 Å². The molecule has 1 aromatic rings. The van der Waals surface area contributed by atoms with Crippen molar-refractivity contribution in [2.45, 2.75) is 38.6 Å². The van der Waals surface area contributed by atoms with Crippen LogP contribution in [0.25, 0.3) is 0 Å². The Balaban J connectivity index is 2.35. The Morgan fingerprint density at radius 2 is 1.78 bits per heavy atom. The van der Waals surface area contributed by atoms with E-state index in [1.165, 1.54) is 19.9 Å². The van der Waals surface area contributed by atoms with Gasteiger partial charge in [-0.25, -0.2) is 4.79 Å². The summed E-state index contributed by atoms with van der Waals surface area (Å²) < 4.78 is 15.9. The van der Waals surface area contributed by atoms with Crippen LogP contribution >= 0.6 is 0 Å². The molecule has 0 aromatic heterocycles. The summed E-state index contributed by atoms with van der Waals surface area (Å²) in [7, 11) is 0. The van der Waals surface area contributed by atoms with Gasteiger partial charge in [-0.05, 0) is 5.56 Å². The summed E-state index contributed by atoms with van der Waals surface area (Å²) >= 11 is 0. The molecule has 1 aromatic carbocycles. The van der Waals surface area contributed by atoms with Gasteiger partial charge < -0.3 is 14.2 Å². The molecule has 0 saturated carbocycles. The summed E-state index contributed by atoms with van der Waals surface area (Å²) in [5, 5.41) is 0. The lowest BCUT2D eigenvalue weighted by Gasteiger charge is -2.32. The summed E-state index contributed by atoms with van der Waals surface area (Å²) in [4.78, 5) is 34.4. The molecule has 0 N–H and O–H groups in total. The Kier molecular flexibility index (Phi) is 5.51. The molecule has 0 saturated heterocycles. The zero-order chi connectivity index (χ0) is 16.8. The van der Waals surface area contributed by atoms with Crippen LogP contribution in [-0.2, 0) is 28.6 Å². The molecule has 6 nitrogen and oxygen atoms in total. The Hall–Kier alpha value is -2.63. The van der Waals surface area contributed by atoms with Gasteiger partial charge in [-0.15, -0.1) is 0 Å². The van der Waals surface area contributed by atoms with E-state index >= 15 is 0 Å². The van der Waals surface area contributed by atoms with Crippen molar-refractivity contribution in [3.63, 3.8) is 0 Å². The van der Waals surface area contributed by atoms with Crippen LogP contribution in [0, 0.1) is 0 Å². The van der Waals surface area contributed by atoms with Crippen LogP contribution < -0.4 is 0 Å². The fourth-order valence-corrected chi connectivity index (χ4v) is 2.41. The van der Waals surface area contributed by atoms with Crippen LogP contribution in [0.3, 0.4) is 0 Å². The molecule has 2 rings (SSSR count). The molecule has 23 heavy (non-hydrogen) atoms. The lowest BCUT2D eigenvalue weighted by Crippen LogP contribution is -2.41. The minimum Gasteiger partial charge on any atom is -0.455 e. The first-order valence-electron chi connectivity index (χ1n) is 7.24. The molecule has 0 amide bonds. The molecule has 0 aliphatic carbocycles. The van der Waals surface area contributed by atoms with Crippen molar-refractivity contribution in [3.05, 3.63) is 48.0 Å². The maximum Gasteiger partial charge on any atom is 0.330 e. The van der Waals surface area contributed by atoms with E-state index in [2.05, 4.69) is 0 Å². The molecule has 0 bridgehead atoms. The maximum absolute atomic E-state index is 11.5. The molecule has 1 heterocycles. The summed E-state index contributed by atoms with van der Waals surface area (Å²) in [6, 6.07) is 8.89. The van der Waals surface area contributed by atoms with Crippen molar-refractivity contribution < 1.29 is 28.6 Å². The largest absolute Gasteiger partial charge is 0.455 e. The minimum atomic E-state index is -0.923. The number of hydrogen-bond acceptors (Lipinski definition) is 6. The standard InChI is InChI=1S/C17H18O6/c1-11(18)21-16(13-7-4-3-5-8-13)17(22-12(2)19)14-9-6-10-15(20)23-14/h3-8,10,14,16-17H,9H2,1-2H3. The molecule has 3 atom stereocenters. The number of ether oxygens (including phenoxy) is 3. The summed E-state index contributed by atoms with van der Waals surface area (Å²) in [5.74, 6) is -1.59. The third kappa shape index (κ3) is 4.67. The topological polar surface area (TPSA) is 78.9 Å². The second kappa shape index (κ2) is 7.58. The van der Waals surface area contributed by atoms with E-state index < -0.39 is 36.2 Å². The number of rotatable bonds is 5. The molecule has 3 unspecified atom stereocenters. The molecule has 6 heteroatoms. The molecule has 0 fully saturated rings. The smallest absolute Gasteiger partial charge is 0.330 e. The van der Waals surface area contributed by atoms with E-state index in [0.717, 1.165) is 0 Å². The van der Waals surface area contributed by atoms with Crippen LogP contribution in [0.4, 0.5) is 0 Å². The van der Waals surface area contributed by atoms with Crippen molar-refractivity contribution in [2.75, 3.05) is 0 Å². The highest BCUT2D eigenvalue weighted by atomic mass is 16.6. The zero-order valence-electron chi connectivity index (χ0n) is 12.9. The Bertz CT molecular complexity index is 607. The number of carbonyl (C=O) groups excluding carboxylic acids is 3. The average molecular weight is 318 g/mol. The lowest BCUT2D eigenvalue weighted by atomic mass is 9.97. The van der Waals surface area contributed by atoms with Crippen LogP contribution in [0.1, 0.15) is 31.9 Å². The first kappa shape index (κ1) is 16.7. The Labute approximate surface area is 134 Å². The van der Waals surface area contributed by atoms with Crippen molar-refractivity contribution in [1.82, 2.24) is 0 Å². The fourth-order valence-electron chi connectivity index (χ4n) is 2.41. The van der Waals surface area contributed by atoms with Crippen molar-refractivity contribution >= 4 is 17.9 Å². The van der Waals surface area contributed by atoms with Crippen LogP contribution in [-0.4, -0.2) is 30.1 Å². The van der Waals surface area contributed by atoms with Gasteiger partial charge in [-0.1, -0.05) is 36.4 Å². The van der Waals surface area contributed by atoms with Gasteiger partial charge in [0.1, 0.15) is 6.10 Å². The Morgan fingerprint density at radius 1 is 1.13 bits per heavy atom. The van der Waals surface area contributed by atoms with Crippen molar-refractivity contribution in [2.24, 2.45) is 0 Å². The van der Waals surface area contributed by atoms with Gasteiger partial charge in [0.2, 0.25) is 0 Å². The van der Waals surface area contributed by atoms with Gasteiger partial charge in [0, 0.05) is 26.3 Å². The zero-order valence-corrected chi connectivity index (χ0v) is 12.9. The number of carbonyl (C=O) groups is 3. The number of hydrogen-bond donors (Lipinski definition) is 0. The highest BCUT2D eigenvalue weighted by Crippen LogP contribution is 2.30. The lowest BCUT2D eigenvalue weighted by molar-refractivity contribution is -0.183. The van der Waals surface area contributed by atoms with E-state index in [1.54, 1.807) is 30.3 Å². The van der Waals surface area contributed by atoms with Gasteiger partial charge in [-0.2, -0.15) is 0 Å². The molecule has 1 aliphatic heterocycles. The molecule has 0 spiro atoms. The summed E-state index contributed by atoms with van der Waals surface area (Å²) in [6.07, 6.45) is 0.817. The highest BCUT2D eigenvalue weighted by molar-refractivity contribution is 5.82. The third-order valence-corrected chi connectivity index (χ3v) is 3.28. The molecule has 122 valence electrons. The van der Waals surface area contributed by atoms with E-state index in [9.17, 15) is 14.4 Å². The fraction of sp³-hybridized carbons (Fsp3) is 0.353. The number of esters is 3. The van der Waals surface area contributed by atoms with Gasteiger partial charge in [0.05, 0.1) is 0 Å². The van der Waals surface area contributed by atoms with Crippen LogP contribution in [0.15, 0.2) is 42.5 Å². The number of cyclic esters (lactones) is 1. The number of benzene rings is 1. The average Bonchev–Trinajstić information content (AvgIpc) is 2.51. The van der Waals surface area contributed by atoms with E-state index in [0.29, 0.717) is 12.0 Å². The summed E-state index contributed by atoms with van der Waals surface area (Å²) in [6.45, 7) is 2.52. The monoisotopic (exact) mass is 318 g/mol. The second-order valence-electron chi connectivity index (χ2n) is 5.13.